The number of hydrogen-bond acceptors (Lipinski definition) is 2. The van der Waals surface area contributed by atoms with Crippen LogP contribution >= 0.6 is 0 Å². The predicted octanol–water partition coefficient (Wildman–Crippen LogP) is 16.4. The molecule has 0 radical (unpaired) electrons. The summed E-state index contributed by atoms with van der Waals surface area (Å²) >= 11 is 0. The molecule has 0 fully saturated rings. The van der Waals surface area contributed by atoms with Gasteiger partial charge in [-0.2, -0.15) is 0 Å². The Morgan fingerprint density at radius 2 is 0.810 bits per heavy atom. The van der Waals surface area contributed by atoms with Crippen molar-refractivity contribution in [1.82, 2.24) is 0 Å². The maximum atomic E-state index is 6.49. The van der Waals surface area contributed by atoms with Crippen LogP contribution in [0.25, 0.3) is 66.4 Å². The lowest BCUT2D eigenvalue weighted by Crippen LogP contribution is -2.28. The molecule has 12 rings (SSSR count). The van der Waals surface area contributed by atoms with Crippen molar-refractivity contribution >= 4 is 39.0 Å². The van der Waals surface area contributed by atoms with Gasteiger partial charge >= 0.3 is 0 Å². The average Bonchev–Trinajstić information content (AvgIpc) is 3.90. The van der Waals surface area contributed by atoms with Gasteiger partial charge in [-0.05, 0) is 98.1 Å². The van der Waals surface area contributed by atoms with E-state index >= 15 is 0 Å². The van der Waals surface area contributed by atoms with Crippen LogP contribution in [-0.2, 0) is 5.41 Å². The molecule has 296 valence electrons. The zero-order valence-electron chi connectivity index (χ0n) is 34.5. The van der Waals surface area contributed by atoms with Gasteiger partial charge in [-0.15, -0.1) is 0 Å². The van der Waals surface area contributed by atoms with Gasteiger partial charge in [0.25, 0.3) is 0 Å². The van der Waals surface area contributed by atoms with Crippen LogP contribution in [0.3, 0.4) is 0 Å². The first-order valence-corrected chi connectivity index (χ1v) is 21.7. The molecule has 10 aromatic carbocycles. The average molecular weight is 804 g/mol. The first-order valence-electron chi connectivity index (χ1n) is 21.7. The molecular weight excluding hydrogens is 763 g/mol. The Kier molecular flexibility index (Phi) is 8.76. The zero-order chi connectivity index (χ0) is 41.7. The molecule has 2 nitrogen and oxygen atoms in total. The van der Waals surface area contributed by atoms with Crippen molar-refractivity contribution in [3.05, 3.63) is 271 Å². The van der Waals surface area contributed by atoms with E-state index in [0.29, 0.717) is 0 Å². The molecule has 2 heteroatoms. The molecule has 1 aliphatic rings. The third-order valence-electron chi connectivity index (χ3n) is 13.0. The summed E-state index contributed by atoms with van der Waals surface area (Å²) in [6, 6.07) is 90.2. The lowest BCUT2D eigenvalue weighted by Gasteiger charge is -2.34. The van der Waals surface area contributed by atoms with E-state index in [0.717, 1.165) is 61.3 Å². The number of nitrogens with zero attached hydrogens (tertiary/aromatic N) is 1. The topological polar surface area (TPSA) is 16.4 Å². The molecule has 1 aliphatic carbocycles. The van der Waals surface area contributed by atoms with Crippen molar-refractivity contribution in [2.45, 2.75) is 5.41 Å². The Bertz CT molecular complexity index is 3380. The number of rotatable bonds is 8. The monoisotopic (exact) mass is 803 g/mol. The minimum atomic E-state index is -0.482. The van der Waals surface area contributed by atoms with E-state index in [9.17, 15) is 0 Å². The summed E-state index contributed by atoms with van der Waals surface area (Å²) < 4.78 is 6.49. The van der Waals surface area contributed by atoms with Crippen molar-refractivity contribution in [2.24, 2.45) is 0 Å². The van der Waals surface area contributed by atoms with E-state index in [-0.39, 0.29) is 0 Å². The van der Waals surface area contributed by atoms with Crippen LogP contribution in [0.2, 0.25) is 0 Å². The molecule has 0 bridgehead atoms. The predicted molar refractivity (Wildman–Crippen MR) is 262 cm³/mol. The number of hydrogen-bond donors (Lipinski definition) is 0. The largest absolute Gasteiger partial charge is 0.455 e. The van der Waals surface area contributed by atoms with Gasteiger partial charge in [-0.25, -0.2) is 0 Å². The van der Waals surface area contributed by atoms with Crippen molar-refractivity contribution in [3.63, 3.8) is 0 Å². The minimum Gasteiger partial charge on any atom is -0.455 e. The van der Waals surface area contributed by atoms with Crippen molar-refractivity contribution in [3.8, 4) is 44.5 Å². The third-order valence-corrected chi connectivity index (χ3v) is 13.0. The highest BCUT2D eigenvalue weighted by molar-refractivity contribution is 6.09. The number of para-hydroxylation sites is 2. The number of furan rings is 1. The Morgan fingerprint density at radius 1 is 0.317 bits per heavy atom. The molecule has 11 aromatic rings. The summed E-state index contributed by atoms with van der Waals surface area (Å²) in [4.78, 5) is 2.41. The third kappa shape index (κ3) is 5.95. The zero-order valence-corrected chi connectivity index (χ0v) is 34.5. The first-order chi connectivity index (χ1) is 31.3. The second kappa shape index (κ2) is 15.1. The maximum Gasteiger partial charge on any atom is 0.143 e. The van der Waals surface area contributed by atoms with E-state index in [4.69, 9.17) is 4.42 Å². The smallest absolute Gasteiger partial charge is 0.143 e. The second-order valence-electron chi connectivity index (χ2n) is 16.4. The molecule has 0 unspecified atom stereocenters. The molecule has 1 heterocycles. The standard InChI is InChI=1S/C61H41NO/c1-4-17-42(18-5-1)45-33-40-58(55(41-45)43-19-6-2-7-20-43)62(48-36-31-44(32-37-48)50-26-16-27-54-53-25-12-15-30-59(53)63-60(50)54)49-38-34-47(35-39-49)61(46-21-8-3-9-22-46)56-28-13-10-23-51(56)52-24-11-14-29-57(52)61/h1-41H. The molecule has 0 N–H and O–H groups in total. The fourth-order valence-electron chi connectivity index (χ4n) is 10.2. The number of fused-ring (bicyclic) bond motifs is 6. The van der Waals surface area contributed by atoms with Gasteiger partial charge in [0.05, 0.1) is 11.1 Å². The Hall–Kier alpha value is -8.20. The number of benzene rings is 10. The van der Waals surface area contributed by atoms with Crippen LogP contribution in [0.1, 0.15) is 22.3 Å². The Labute approximate surface area is 367 Å². The van der Waals surface area contributed by atoms with E-state index in [2.05, 4.69) is 241 Å². The Morgan fingerprint density at radius 3 is 1.49 bits per heavy atom. The van der Waals surface area contributed by atoms with E-state index in [1.165, 1.54) is 44.5 Å². The first kappa shape index (κ1) is 36.6. The molecular formula is C61H41NO. The van der Waals surface area contributed by atoms with Gasteiger partial charge in [0.2, 0.25) is 0 Å². The van der Waals surface area contributed by atoms with Crippen molar-refractivity contribution in [1.29, 1.82) is 0 Å². The van der Waals surface area contributed by atoms with Gasteiger partial charge in [0.1, 0.15) is 11.2 Å². The lowest BCUT2D eigenvalue weighted by molar-refractivity contribution is 0.670. The van der Waals surface area contributed by atoms with E-state index < -0.39 is 5.41 Å². The lowest BCUT2D eigenvalue weighted by atomic mass is 9.68. The fourth-order valence-corrected chi connectivity index (χ4v) is 10.2. The van der Waals surface area contributed by atoms with E-state index in [1.807, 2.05) is 12.1 Å². The molecule has 0 spiro atoms. The number of anilines is 3. The maximum absolute atomic E-state index is 6.49. The van der Waals surface area contributed by atoms with Crippen LogP contribution < -0.4 is 4.90 Å². The summed E-state index contributed by atoms with van der Waals surface area (Å²) in [5.74, 6) is 0. The van der Waals surface area contributed by atoms with Crippen LogP contribution in [0.5, 0.6) is 0 Å². The highest BCUT2D eigenvalue weighted by atomic mass is 16.3. The Balaban J connectivity index is 1.05. The molecule has 0 saturated heterocycles. The molecule has 0 amide bonds. The quantitative estimate of drug-likeness (QED) is 0.152. The normalized spacial score (nSPS) is 12.6. The van der Waals surface area contributed by atoms with Crippen LogP contribution in [0, 0.1) is 0 Å². The molecule has 1 aromatic heterocycles. The SMILES string of the molecule is c1ccc(-c2ccc(N(c3ccc(-c4cccc5c4oc4ccccc45)cc3)c3ccc(C4(c5ccccc5)c5ccccc5-c5ccccc54)cc3)c(-c3ccccc3)c2)cc1. The minimum absolute atomic E-state index is 0.482. The summed E-state index contributed by atoms with van der Waals surface area (Å²) in [6.07, 6.45) is 0. The van der Waals surface area contributed by atoms with Gasteiger partial charge in [-0.3, -0.25) is 0 Å². The van der Waals surface area contributed by atoms with Gasteiger partial charge < -0.3 is 9.32 Å². The van der Waals surface area contributed by atoms with Gasteiger partial charge in [-0.1, -0.05) is 206 Å². The van der Waals surface area contributed by atoms with Crippen LogP contribution in [0.15, 0.2) is 253 Å². The van der Waals surface area contributed by atoms with Crippen molar-refractivity contribution < 1.29 is 4.42 Å². The van der Waals surface area contributed by atoms with Crippen LogP contribution in [0.4, 0.5) is 17.1 Å². The van der Waals surface area contributed by atoms with Gasteiger partial charge in [0.15, 0.2) is 0 Å². The second-order valence-corrected chi connectivity index (χ2v) is 16.4. The van der Waals surface area contributed by atoms with Crippen molar-refractivity contribution in [2.75, 3.05) is 4.90 Å². The van der Waals surface area contributed by atoms with Crippen LogP contribution in [-0.4, -0.2) is 0 Å². The molecule has 0 atom stereocenters. The highest BCUT2D eigenvalue weighted by Crippen LogP contribution is 2.56. The van der Waals surface area contributed by atoms with Gasteiger partial charge in [0, 0.05) is 33.3 Å². The summed E-state index contributed by atoms with van der Waals surface area (Å²) in [6.45, 7) is 0. The summed E-state index contributed by atoms with van der Waals surface area (Å²) in [7, 11) is 0. The molecule has 0 aliphatic heterocycles. The highest BCUT2D eigenvalue weighted by Gasteiger charge is 2.45. The molecule has 0 saturated carbocycles. The van der Waals surface area contributed by atoms with E-state index in [1.54, 1.807) is 0 Å². The fraction of sp³-hybridized carbons (Fsp3) is 0.0164. The molecule has 63 heavy (non-hydrogen) atoms. The summed E-state index contributed by atoms with van der Waals surface area (Å²) in [5.41, 5.74) is 19.0. The summed E-state index contributed by atoms with van der Waals surface area (Å²) in [5, 5.41) is 2.26.